The molecule has 2 rings (SSSR count). The predicted molar refractivity (Wildman–Crippen MR) is 77.1 cm³/mol. The van der Waals surface area contributed by atoms with Crippen molar-refractivity contribution in [2.75, 3.05) is 14.2 Å². The zero-order chi connectivity index (χ0) is 14.4. The summed E-state index contributed by atoms with van der Waals surface area (Å²) < 4.78 is 10.4. The van der Waals surface area contributed by atoms with Crippen LogP contribution in [0.3, 0.4) is 0 Å². The minimum atomic E-state index is -0.139. The van der Waals surface area contributed by atoms with Gasteiger partial charge in [-0.05, 0) is 35.9 Å². The van der Waals surface area contributed by atoms with Crippen molar-refractivity contribution in [3.63, 3.8) is 0 Å². The van der Waals surface area contributed by atoms with Gasteiger partial charge in [0.05, 0.1) is 14.2 Å². The first-order chi connectivity index (χ1) is 9.74. The van der Waals surface area contributed by atoms with Gasteiger partial charge >= 0.3 is 0 Å². The van der Waals surface area contributed by atoms with Gasteiger partial charge < -0.3 is 9.47 Å². The van der Waals surface area contributed by atoms with Gasteiger partial charge in [-0.2, -0.15) is 0 Å². The topological polar surface area (TPSA) is 48.4 Å². The summed E-state index contributed by atoms with van der Waals surface area (Å²) in [6.07, 6.45) is 4.81. The number of aromatic nitrogens is 1. The molecule has 0 radical (unpaired) electrons. The third-order valence-electron chi connectivity index (χ3n) is 2.75. The van der Waals surface area contributed by atoms with E-state index in [4.69, 9.17) is 9.47 Å². The maximum atomic E-state index is 11.9. The number of methoxy groups -OCH3 is 2. The first-order valence-electron chi connectivity index (χ1n) is 6.10. The van der Waals surface area contributed by atoms with Crippen LogP contribution < -0.4 is 9.47 Å². The Labute approximate surface area is 117 Å². The van der Waals surface area contributed by atoms with E-state index in [0.29, 0.717) is 17.2 Å². The van der Waals surface area contributed by atoms with Crippen LogP contribution in [-0.2, 0) is 0 Å². The fourth-order valence-corrected chi connectivity index (χ4v) is 1.72. The minimum Gasteiger partial charge on any atom is -0.493 e. The maximum Gasteiger partial charge on any atom is 0.204 e. The highest BCUT2D eigenvalue weighted by atomic mass is 16.5. The van der Waals surface area contributed by atoms with E-state index in [1.807, 2.05) is 6.07 Å². The first kappa shape index (κ1) is 13.8. The van der Waals surface area contributed by atoms with Gasteiger partial charge in [0.1, 0.15) is 5.69 Å². The molecule has 2 aromatic rings. The van der Waals surface area contributed by atoms with Crippen LogP contribution in [-0.4, -0.2) is 25.0 Å². The normalized spacial score (nSPS) is 10.5. The van der Waals surface area contributed by atoms with Crippen LogP contribution in [0.15, 0.2) is 48.7 Å². The summed E-state index contributed by atoms with van der Waals surface area (Å²) in [5, 5.41) is 0. The van der Waals surface area contributed by atoms with Gasteiger partial charge in [-0.25, -0.2) is 0 Å². The van der Waals surface area contributed by atoms with E-state index in [-0.39, 0.29) is 5.78 Å². The number of ketones is 1. The van der Waals surface area contributed by atoms with E-state index in [2.05, 4.69) is 4.98 Å². The molecule has 0 aliphatic carbocycles. The van der Waals surface area contributed by atoms with Crippen molar-refractivity contribution < 1.29 is 14.3 Å². The number of benzene rings is 1. The molecule has 4 heteroatoms. The Kier molecular flexibility index (Phi) is 4.50. The second-order valence-electron chi connectivity index (χ2n) is 4.03. The Morgan fingerprint density at radius 3 is 2.55 bits per heavy atom. The molecule has 20 heavy (non-hydrogen) atoms. The molecular weight excluding hydrogens is 254 g/mol. The van der Waals surface area contributed by atoms with Crippen molar-refractivity contribution in [3.05, 3.63) is 59.9 Å². The minimum absolute atomic E-state index is 0.139. The van der Waals surface area contributed by atoms with Crippen molar-refractivity contribution in [3.8, 4) is 11.5 Å². The molecule has 0 fully saturated rings. The number of carbonyl (C=O) groups is 1. The highest BCUT2D eigenvalue weighted by Gasteiger charge is 2.04. The standard InChI is InChI=1S/C16H15NO3/c1-19-15-9-7-12(11-16(15)20-2)6-8-14(18)13-5-3-4-10-17-13/h3-11H,1-2H3/b8-6+. The van der Waals surface area contributed by atoms with Gasteiger partial charge in [-0.3, -0.25) is 9.78 Å². The molecule has 0 spiro atoms. The fraction of sp³-hybridized carbons (Fsp3) is 0.125. The Bertz CT molecular complexity index is 621. The molecular formula is C16H15NO3. The molecule has 4 nitrogen and oxygen atoms in total. The van der Waals surface area contributed by atoms with Crippen LogP contribution in [0.1, 0.15) is 16.1 Å². The molecule has 0 saturated heterocycles. The summed E-state index contributed by atoms with van der Waals surface area (Å²) >= 11 is 0. The molecule has 1 aromatic carbocycles. The quantitative estimate of drug-likeness (QED) is 0.618. The molecule has 0 unspecified atom stereocenters. The second-order valence-corrected chi connectivity index (χ2v) is 4.03. The number of allylic oxidation sites excluding steroid dienone is 1. The van der Waals surface area contributed by atoms with Gasteiger partial charge in [0.15, 0.2) is 11.5 Å². The average molecular weight is 269 g/mol. The van der Waals surface area contributed by atoms with Crippen molar-refractivity contribution in [1.29, 1.82) is 0 Å². The molecule has 1 heterocycles. The molecule has 0 aliphatic heterocycles. The van der Waals surface area contributed by atoms with E-state index < -0.39 is 0 Å². The van der Waals surface area contributed by atoms with Gasteiger partial charge in [-0.1, -0.05) is 18.2 Å². The van der Waals surface area contributed by atoms with Crippen LogP contribution >= 0.6 is 0 Å². The fourth-order valence-electron chi connectivity index (χ4n) is 1.72. The van der Waals surface area contributed by atoms with Crippen molar-refractivity contribution >= 4 is 11.9 Å². The first-order valence-corrected chi connectivity index (χ1v) is 6.10. The largest absolute Gasteiger partial charge is 0.493 e. The number of hydrogen-bond acceptors (Lipinski definition) is 4. The summed E-state index contributed by atoms with van der Waals surface area (Å²) in [6.45, 7) is 0. The Hall–Kier alpha value is -2.62. The lowest BCUT2D eigenvalue weighted by molar-refractivity contribution is 0.104. The number of hydrogen-bond donors (Lipinski definition) is 0. The smallest absolute Gasteiger partial charge is 0.204 e. The van der Waals surface area contributed by atoms with Gasteiger partial charge in [0.25, 0.3) is 0 Å². The molecule has 0 saturated carbocycles. The van der Waals surface area contributed by atoms with Gasteiger partial charge in [-0.15, -0.1) is 0 Å². The lowest BCUT2D eigenvalue weighted by atomic mass is 10.1. The van der Waals surface area contributed by atoms with Crippen molar-refractivity contribution in [2.24, 2.45) is 0 Å². The number of ether oxygens (including phenoxy) is 2. The summed E-state index contributed by atoms with van der Waals surface area (Å²) in [4.78, 5) is 15.9. The monoisotopic (exact) mass is 269 g/mol. The van der Waals surface area contributed by atoms with E-state index in [1.54, 1.807) is 56.8 Å². The zero-order valence-electron chi connectivity index (χ0n) is 11.4. The maximum absolute atomic E-state index is 11.9. The number of nitrogens with zero attached hydrogens (tertiary/aromatic N) is 1. The van der Waals surface area contributed by atoms with Crippen LogP contribution in [0.5, 0.6) is 11.5 Å². The molecule has 0 N–H and O–H groups in total. The highest BCUT2D eigenvalue weighted by molar-refractivity contribution is 6.05. The highest BCUT2D eigenvalue weighted by Crippen LogP contribution is 2.27. The third kappa shape index (κ3) is 3.23. The second kappa shape index (κ2) is 6.52. The van der Waals surface area contributed by atoms with Crippen LogP contribution in [0.4, 0.5) is 0 Å². The number of pyridine rings is 1. The average Bonchev–Trinajstić information content (AvgIpc) is 2.53. The molecule has 0 atom stereocenters. The Balaban J connectivity index is 2.17. The molecule has 102 valence electrons. The predicted octanol–water partition coefficient (Wildman–Crippen LogP) is 2.99. The van der Waals surface area contributed by atoms with Crippen LogP contribution in [0.2, 0.25) is 0 Å². The van der Waals surface area contributed by atoms with E-state index in [1.165, 1.54) is 6.08 Å². The third-order valence-corrected chi connectivity index (χ3v) is 2.75. The molecule has 0 amide bonds. The summed E-state index contributed by atoms with van der Waals surface area (Å²) in [6, 6.07) is 10.7. The SMILES string of the molecule is COc1ccc(/C=C/C(=O)c2ccccn2)cc1OC. The zero-order valence-corrected chi connectivity index (χ0v) is 11.4. The van der Waals surface area contributed by atoms with E-state index >= 15 is 0 Å². The number of rotatable bonds is 5. The molecule has 0 aliphatic rings. The van der Waals surface area contributed by atoms with Crippen LogP contribution in [0.25, 0.3) is 6.08 Å². The van der Waals surface area contributed by atoms with E-state index in [0.717, 1.165) is 5.56 Å². The Morgan fingerprint density at radius 1 is 1.10 bits per heavy atom. The van der Waals surface area contributed by atoms with Crippen molar-refractivity contribution in [2.45, 2.75) is 0 Å². The summed E-state index contributed by atoms with van der Waals surface area (Å²) in [7, 11) is 3.16. The van der Waals surface area contributed by atoms with Crippen LogP contribution in [0, 0.1) is 0 Å². The summed E-state index contributed by atoms with van der Waals surface area (Å²) in [5.74, 6) is 1.14. The number of carbonyl (C=O) groups excluding carboxylic acids is 1. The summed E-state index contributed by atoms with van der Waals surface area (Å²) in [5.41, 5.74) is 1.27. The lowest BCUT2D eigenvalue weighted by Crippen LogP contribution is -1.96. The Morgan fingerprint density at radius 2 is 1.90 bits per heavy atom. The molecule has 0 bridgehead atoms. The molecule has 1 aromatic heterocycles. The van der Waals surface area contributed by atoms with Crippen molar-refractivity contribution in [1.82, 2.24) is 4.98 Å². The lowest BCUT2D eigenvalue weighted by Gasteiger charge is -2.07. The van der Waals surface area contributed by atoms with E-state index in [9.17, 15) is 4.79 Å². The van der Waals surface area contributed by atoms with Gasteiger partial charge in [0.2, 0.25) is 5.78 Å². The van der Waals surface area contributed by atoms with Gasteiger partial charge in [0, 0.05) is 6.20 Å².